The SMILES string of the molecule is CCNC(=O)[C@@H]1C[C@H](NC(=O)/C=C/c2ccccc2)CN1Cc1ccco1. The minimum absolute atomic E-state index is 0.0133. The van der Waals surface area contributed by atoms with E-state index >= 15 is 0 Å². The lowest BCUT2D eigenvalue weighted by Crippen LogP contribution is -2.42. The number of amides is 2. The number of nitrogens with zero attached hydrogens (tertiary/aromatic N) is 1. The molecule has 2 amide bonds. The third-order valence-corrected chi connectivity index (χ3v) is 4.57. The van der Waals surface area contributed by atoms with Crippen LogP contribution in [0.15, 0.2) is 59.2 Å². The molecule has 0 unspecified atom stereocenters. The number of carbonyl (C=O) groups excluding carboxylic acids is 2. The molecule has 1 aromatic carbocycles. The van der Waals surface area contributed by atoms with Crippen molar-refractivity contribution in [2.45, 2.75) is 32.0 Å². The van der Waals surface area contributed by atoms with Crippen molar-refractivity contribution in [2.75, 3.05) is 13.1 Å². The first-order valence-corrected chi connectivity index (χ1v) is 9.23. The van der Waals surface area contributed by atoms with Gasteiger partial charge >= 0.3 is 0 Å². The molecular weight excluding hydrogens is 342 g/mol. The molecule has 0 aliphatic carbocycles. The zero-order chi connectivity index (χ0) is 19.1. The summed E-state index contributed by atoms with van der Waals surface area (Å²) < 4.78 is 5.42. The molecule has 0 saturated carbocycles. The summed E-state index contributed by atoms with van der Waals surface area (Å²) in [5, 5.41) is 5.89. The van der Waals surface area contributed by atoms with Crippen LogP contribution in [0.1, 0.15) is 24.7 Å². The van der Waals surface area contributed by atoms with E-state index in [0.29, 0.717) is 26.1 Å². The van der Waals surface area contributed by atoms with Crippen LogP contribution in [0.5, 0.6) is 0 Å². The fourth-order valence-electron chi connectivity index (χ4n) is 3.34. The highest BCUT2D eigenvalue weighted by Crippen LogP contribution is 2.21. The summed E-state index contributed by atoms with van der Waals surface area (Å²) in [6.07, 6.45) is 5.52. The van der Waals surface area contributed by atoms with E-state index < -0.39 is 0 Å². The largest absolute Gasteiger partial charge is 0.468 e. The summed E-state index contributed by atoms with van der Waals surface area (Å²) in [4.78, 5) is 26.7. The van der Waals surface area contributed by atoms with Crippen molar-refractivity contribution in [3.8, 4) is 0 Å². The van der Waals surface area contributed by atoms with Gasteiger partial charge in [-0.25, -0.2) is 0 Å². The zero-order valence-electron chi connectivity index (χ0n) is 15.4. The highest BCUT2D eigenvalue weighted by atomic mass is 16.3. The van der Waals surface area contributed by atoms with Gasteiger partial charge in [0.15, 0.2) is 0 Å². The number of likely N-dealkylation sites (N-methyl/N-ethyl adjacent to an activating group) is 1. The fraction of sp³-hybridized carbons (Fsp3) is 0.333. The molecule has 2 heterocycles. The average Bonchev–Trinajstić information content (AvgIpc) is 3.31. The van der Waals surface area contributed by atoms with Crippen LogP contribution in [0.25, 0.3) is 6.08 Å². The van der Waals surface area contributed by atoms with E-state index in [1.54, 1.807) is 12.3 Å². The van der Waals surface area contributed by atoms with Gasteiger partial charge in [-0.15, -0.1) is 0 Å². The Morgan fingerprint density at radius 2 is 2.04 bits per heavy atom. The second kappa shape index (κ2) is 9.19. The van der Waals surface area contributed by atoms with Gasteiger partial charge in [-0.1, -0.05) is 30.3 Å². The van der Waals surface area contributed by atoms with Gasteiger partial charge < -0.3 is 15.1 Å². The Morgan fingerprint density at radius 1 is 1.22 bits per heavy atom. The van der Waals surface area contributed by atoms with E-state index in [1.165, 1.54) is 6.08 Å². The number of hydrogen-bond donors (Lipinski definition) is 2. The van der Waals surface area contributed by atoms with Crippen LogP contribution in [0, 0.1) is 0 Å². The minimum Gasteiger partial charge on any atom is -0.468 e. The number of carbonyl (C=O) groups is 2. The quantitative estimate of drug-likeness (QED) is 0.736. The Bertz CT molecular complexity index is 771. The number of benzene rings is 1. The number of nitrogens with one attached hydrogen (secondary N) is 2. The van der Waals surface area contributed by atoms with Crippen molar-refractivity contribution in [3.05, 3.63) is 66.1 Å². The van der Waals surface area contributed by atoms with E-state index in [-0.39, 0.29) is 23.9 Å². The standard InChI is InChI=1S/C21H25N3O3/c1-2-22-21(26)19-13-17(14-24(19)15-18-9-6-12-27-18)23-20(25)11-10-16-7-4-3-5-8-16/h3-12,17,19H,2,13-15H2,1H3,(H,22,26)(H,23,25)/b11-10+/t17-,19-/m0/s1. The minimum atomic E-state index is -0.279. The smallest absolute Gasteiger partial charge is 0.244 e. The van der Waals surface area contributed by atoms with Crippen LogP contribution in [0.4, 0.5) is 0 Å². The van der Waals surface area contributed by atoms with Crippen LogP contribution in [-0.2, 0) is 16.1 Å². The summed E-state index contributed by atoms with van der Waals surface area (Å²) in [5.74, 6) is 0.638. The molecule has 2 aromatic rings. The predicted molar refractivity (Wildman–Crippen MR) is 104 cm³/mol. The Hall–Kier alpha value is -2.86. The first-order chi connectivity index (χ1) is 13.2. The molecule has 3 rings (SSSR count). The van der Waals surface area contributed by atoms with Crippen LogP contribution in [0.3, 0.4) is 0 Å². The van der Waals surface area contributed by atoms with Gasteiger partial charge in [0.1, 0.15) is 5.76 Å². The van der Waals surface area contributed by atoms with Crippen molar-refractivity contribution in [3.63, 3.8) is 0 Å². The van der Waals surface area contributed by atoms with E-state index in [2.05, 4.69) is 15.5 Å². The molecule has 1 aliphatic heterocycles. The van der Waals surface area contributed by atoms with E-state index in [1.807, 2.05) is 49.4 Å². The van der Waals surface area contributed by atoms with E-state index in [4.69, 9.17) is 4.42 Å². The van der Waals surface area contributed by atoms with Crippen molar-refractivity contribution in [2.24, 2.45) is 0 Å². The second-order valence-corrected chi connectivity index (χ2v) is 6.60. The maximum Gasteiger partial charge on any atom is 0.244 e. The van der Waals surface area contributed by atoms with Crippen LogP contribution >= 0.6 is 0 Å². The summed E-state index contributed by atoms with van der Waals surface area (Å²) >= 11 is 0. The molecule has 6 nitrogen and oxygen atoms in total. The van der Waals surface area contributed by atoms with Crippen molar-refractivity contribution >= 4 is 17.9 Å². The lowest BCUT2D eigenvalue weighted by molar-refractivity contribution is -0.125. The molecule has 2 N–H and O–H groups in total. The first-order valence-electron chi connectivity index (χ1n) is 9.23. The highest BCUT2D eigenvalue weighted by molar-refractivity contribution is 5.92. The number of hydrogen-bond acceptors (Lipinski definition) is 4. The molecule has 6 heteroatoms. The number of likely N-dealkylation sites (tertiary alicyclic amines) is 1. The van der Waals surface area contributed by atoms with Gasteiger partial charge in [0, 0.05) is 25.2 Å². The van der Waals surface area contributed by atoms with Gasteiger partial charge in [-0.3, -0.25) is 14.5 Å². The molecule has 142 valence electrons. The molecule has 0 radical (unpaired) electrons. The Morgan fingerprint density at radius 3 is 2.74 bits per heavy atom. The summed E-state index contributed by atoms with van der Waals surface area (Å²) in [7, 11) is 0. The number of furan rings is 1. The maximum absolute atomic E-state index is 12.4. The molecular formula is C21H25N3O3. The lowest BCUT2D eigenvalue weighted by atomic mass is 10.1. The van der Waals surface area contributed by atoms with E-state index in [9.17, 15) is 9.59 Å². The van der Waals surface area contributed by atoms with Gasteiger partial charge in [0.25, 0.3) is 0 Å². The molecule has 0 bridgehead atoms. The molecule has 1 fully saturated rings. The Kier molecular flexibility index (Phi) is 6.44. The van der Waals surface area contributed by atoms with Crippen LogP contribution in [-0.4, -0.2) is 41.9 Å². The van der Waals surface area contributed by atoms with E-state index in [0.717, 1.165) is 11.3 Å². The molecule has 1 saturated heterocycles. The third kappa shape index (κ3) is 5.31. The maximum atomic E-state index is 12.4. The molecule has 1 aromatic heterocycles. The molecule has 2 atom stereocenters. The first kappa shape index (κ1) is 18.9. The fourth-order valence-corrected chi connectivity index (χ4v) is 3.34. The Labute approximate surface area is 159 Å². The summed E-state index contributed by atoms with van der Waals surface area (Å²) in [5.41, 5.74) is 0.971. The second-order valence-electron chi connectivity index (χ2n) is 6.60. The Balaban J connectivity index is 1.61. The van der Waals surface area contributed by atoms with Crippen LogP contribution < -0.4 is 10.6 Å². The predicted octanol–water partition coefficient (Wildman–Crippen LogP) is 2.19. The molecule has 27 heavy (non-hydrogen) atoms. The molecule has 1 aliphatic rings. The summed E-state index contributed by atoms with van der Waals surface area (Å²) in [6.45, 7) is 3.63. The number of rotatable bonds is 7. The van der Waals surface area contributed by atoms with Crippen LogP contribution in [0.2, 0.25) is 0 Å². The van der Waals surface area contributed by atoms with Crippen molar-refractivity contribution in [1.29, 1.82) is 0 Å². The van der Waals surface area contributed by atoms with Gasteiger partial charge in [0.2, 0.25) is 11.8 Å². The van der Waals surface area contributed by atoms with Crippen molar-refractivity contribution in [1.82, 2.24) is 15.5 Å². The topological polar surface area (TPSA) is 74.6 Å². The molecule has 0 spiro atoms. The zero-order valence-corrected chi connectivity index (χ0v) is 15.4. The van der Waals surface area contributed by atoms with Crippen molar-refractivity contribution < 1.29 is 14.0 Å². The van der Waals surface area contributed by atoms with Gasteiger partial charge in [-0.2, -0.15) is 0 Å². The van der Waals surface area contributed by atoms with Gasteiger partial charge in [-0.05, 0) is 37.1 Å². The third-order valence-electron chi connectivity index (χ3n) is 4.57. The monoisotopic (exact) mass is 367 g/mol. The summed E-state index contributed by atoms with van der Waals surface area (Å²) in [6, 6.07) is 13.0. The normalized spacial score (nSPS) is 20.0. The van der Waals surface area contributed by atoms with Gasteiger partial charge in [0.05, 0.1) is 18.8 Å². The lowest BCUT2D eigenvalue weighted by Gasteiger charge is -2.22. The highest BCUT2D eigenvalue weighted by Gasteiger charge is 2.37. The average molecular weight is 367 g/mol.